The molecule has 1 fully saturated rings. The minimum Gasteiger partial charge on any atom is -0.348 e. The molecule has 1 aliphatic rings. The van der Waals surface area contributed by atoms with Crippen LogP contribution in [-0.4, -0.2) is 56.3 Å². The van der Waals surface area contributed by atoms with Crippen LogP contribution in [0.5, 0.6) is 0 Å². The number of nitrogens with one attached hydrogen (secondary N) is 1. The summed E-state index contributed by atoms with van der Waals surface area (Å²) in [5.41, 5.74) is 1.96. The average Bonchev–Trinajstić information content (AvgIpc) is 2.75. The van der Waals surface area contributed by atoms with E-state index in [0.717, 1.165) is 24.0 Å². The third kappa shape index (κ3) is 6.12. The van der Waals surface area contributed by atoms with Gasteiger partial charge in [-0.2, -0.15) is 4.31 Å². The van der Waals surface area contributed by atoms with Gasteiger partial charge in [-0.05, 0) is 48.7 Å². The summed E-state index contributed by atoms with van der Waals surface area (Å²) in [7, 11) is -3.53. The summed E-state index contributed by atoms with van der Waals surface area (Å²) >= 11 is 0. The number of piperazine rings is 1. The average molecular weight is 448 g/mol. The second kappa shape index (κ2) is 10.3. The second-order valence-electron chi connectivity index (χ2n) is 7.91. The minimum atomic E-state index is -3.53. The molecular formula is C23H30FN3O3S. The molecule has 1 N–H and O–H groups in total. The van der Waals surface area contributed by atoms with Gasteiger partial charge in [0.2, 0.25) is 15.9 Å². The summed E-state index contributed by atoms with van der Waals surface area (Å²) < 4.78 is 40.4. The molecule has 0 radical (unpaired) electrons. The normalized spacial score (nSPS) is 16.7. The number of amides is 1. The van der Waals surface area contributed by atoms with Crippen LogP contribution in [0.2, 0.25) is 0 Å². The third-order valence-electron chi connectivity index (χ3n) is 5.55. The first kappa shape index (κ1) is 23.4. The first-order valence-electron chi connectivity index (χ1n) is 10.7. The van der Waals surface area contributed by atoms with Crippen molar-refractivity contribution in [2.75, 3.05) is 32.7 Å². The largest absolute Gasteiger partial charge is 0.348 e. The number of benzene rings is 2. The molecule has 0 spiro atoms. The van der Waals surface area contributed by atoms with Gasteiger partial charge in [-0.15, -0.1) is 0 Å². The van der Waals surface area contributed by atoms with E-state index >= 15 is 0 Å². The molecule has 0 unspecified atom stereocenters. The van der Waals surface area contributed by atoms with Gasteiger partial charge in [0.05, 0.1) is 17.5 Å². The maximum Gasteiger partial charge on any atom is 0.243 e. The standard InChI is InChI=1S/C23H30FN3O3S/c1-3-4-19-5-11-22(12-6-19)31(29,30)27-15-13-26(14-16-27)17-23(28)25-18(2)20-7-9-21(24)10-8-20/h5-12,18H,3-4,13-17H2,1-2H3,(H,25,28)/t18-/m1/s1. The number of carbonyl (C=O) groups excluding carboxylic acids is 1. The summed E-state index contributed by atoms with van der Waals surface area (Å²) in [6, 6.07) is 12.9. The third-order valence-corrected chi connectivity index (χ3v) is 7.46. The Morgan fingerprint density at radius 3 is 2.23 bits per heavy atom. The van der Waals surface area contributed by atoms with Crippen molar-refractivity contribution in [2.45, 2.75) is 37.6 Å². The van der Waals surface area contributed by atoms with Crippen molar-refractivity contribution in [3.63, 3.8) is 0 Å². The van der Waals surface area contributed by atoms with Crippen molar-refractivity contribution in [2.24, 2.45) is 0 Å². The van der Waals surface area contributed by atoms with Crippen LogP contribution in [0.4, 0.5) is 4.39 Å². The van der Waals surface area contributed by atoms with Gasteiger partial charge in [-0.25, -0.2) is 12.8 Å². The Morgan fingerprint density at radius 2 is 1.65 bits per heavy atom. The molecule has 0 aromatic heterocycles. The number of sulfonamides is 1. The van der Waals surface area contributed by atoms with Crippen LogP contribution in [0.1, 0.15) is 37.4 Å². The summed E-state index contributed by atoms with van der Waals surface area (Å²) in [5.74, 6) is -0.452. The fourth-order valence-corrected chi connectivity index (χ4v) is 5.14. The molecular weight excluding hydrogens is 417 g/mol. The van der Waals surface area contributed by atoms with Crippen molar-refractivity contribution in [1.29, 1.82) is 0 Å². The number of rotatable bonds is 8. The topological polar surface area (TPSA) is 69.7 Å². The molecule has 3 rings (SSSR count). The first-order valence-corrected chi connectivity index (χ1v) is 12.1. The highest BCUT2D eigenvalue weighted by Gasteiger charge is 2.29. The molecule has 1 atom stereocenters. The van der Waals surface area contributed by atoms with Crippen LogP contribution in [0, 0.1) is 5.82 Å². The molecule has 6 nitrogen and oxygen atoms in total. The second-order valence-corrected chi connectivity index (χ2v) is 9.85. The van der Waals surface area contributed by atoms with Gasteiger partial charge in [0.15, 0.2) is 0 Å². The van der Waals surface area contributed by atoms with Crippen molar-refractivity contribution < 1.29 is 17.6 Å². The number of hydrogen-bond donors (Lipinski definition) is 1. The number of nitrogens with zero attached hydrogens (tertiary/aromatic N) is 2. The van der Waals surface area contributed by atoms with E-state index in [9.17, 15) is 17.6 Å². The zero-order chi connectivity index (χ0) is 22.4. The lowest BCUT2D eigenvalue weighted by Crippen LogP contribution is -2.51. The summed E-state index contributed by atoms with van der Waals surface area (Å²) in [5, 5.41) is 2.91. The van der Waals surface area contributed by atoms with Crippen LogP contribution in [0.3, 0.4) is 0 Å². The Morgan fingerprint density at radius 1 is 1.03 bits per heavy atom. The minimum absolute atomic E-state index is 0.139. The first-order chi connectivity index (χ1) is 14.8. The van der Waals surface area contributed by atoms with Crippen molar-refractivity contribution in [3.8, 4) is 0 Å². The molecule has 0 saturated carbocycles. The lowest BCUT2D eigenvalue weighted by molar-refractivity contribution is -0.123. The lowest BCUT2D eigenvalue weighted by Gasteiger charge is -2.33. The Hall–Kier alpha value is -2.29. The fraction of sp³-hybridized carbons (Fsp3) is 0.435. The zero-order valence-corrected chi connectivity index (χ0v) is 18.9. The van der Waals surface area contributed by atoms with E-state index in [4.69, 9.17) is 0 Å². The van der Waals surface area contributed by atoms with Crippen LogP contribution < -0.4 is 5.32 Å². The van der Waals surface area contributed by atoms with E-state index in [1.54, 1.807) is 24.3 Å². The van der Waals surface area contributed by atoms with Gasteiger partial charge in [0.1, 0.15) is 5.82 Å². The molecule has 168 valence electrons. The van der Waals surface area contributed by atoms with E-state index < -0.39 is 10.0 Å². The van der Waals surface area contributed by atoms with Crippen molar-refractivity contribution in [3.05, 3.63) is 65.5 Å². The highest BCUT2D eigenvalue weighted by atomic mass is 32.2. The van der Waals surface area contributed by atoms with Crippen LogP contribution in [0.25, 0.3) is 0 Å². The molecule has 1 heterocycles. The monoisotopic (exact) mass is 447 g/mol. The highest BCUT2D eigenvalue weighted by Crippen LogP contribution is 2.19. The van der Waals surface area contributed by atoms with Gasteiger partial charge in [0.25, 0.3) is 0 Å². The zero-order valence-electron chi connectivity index (χ0n) is 18.1. The van der Waals surface area contributed by atoms with E-state index in [0.29, 0.717) is 31.1 Å². The Balaban J connectivity index is 1.50. The molecule has 1 saturated heterocycles. The van der Waals surface area contributed by atoms with Gasteiger partial charge in [0, 0.05) is 26.2 Å². The van der Waals surface area contributed by atoms with Crippen LogP contribution in [0.15, 0.2) is 53.4 Å². The summed E-state index contributed by atoms with van der Waals surface area (Å²) in [6.45, 7) is 5.82. The van der Waals surface area contributed by atoms with Crippen molar-refractivity contribution >= 4 is 15.9 Å². The van der Waals surface area contributed by atoms with Gasteiger partial charge in [-0.1, -0.05) is 37.6 Å². The Bertz CT molecular complexity index is 970. The molecule has 0 bridgehead atoms. The highest BCUT2D eigenvalue weighted by molar-refractivity contribution is 7.89. The maximum absolute atomic E-state index is 13.1. The molecule has 1 aliphatic heterocycles. The van der Waals surface area contributed by atoms with E-state index in [-0.39, 0.29) is 24.3 Å². The number of halogens is 1. The molecule has 8 heteroatoms. The SMILES string of the molecule is CCCc1ccc(S(=O)(=O)N2CCN(CC(=O)N[C@H](C)c3ccc(F)cc3)CC2)cc1. The Kier molecular flexibility index (Phi) is 7.80. The predicted octanol–water partition coefficient (Wildman–Crippen LogP) is 2.96. The van der Waals surface area contributed by atoms with Gasteiger partial charge >= 0.3 is 0 Å². The van der Waals surface area contributed by atoms with Gasteiger partial charge < -0.3 is 5.32 Å². The quantitative estimate of drug-likeness (QED) is 0.676. The van der Waals surface area contributed by atoms with Crippen molar-refractivity contribution in [1.82, 2.24) is 14.5 Å². The summed E-state index contributed by atoms with van der Waals surface area (Å²) in [6.07, 6.45) is 1.95. The van der Waals surface area contributed by atoms with Gasteiger partial charge in [-0.3, -0.25) is 9.69 Å². The lowest BCUT2D eigenvalue weighted by atomic mass is 10.1. The molecule has 1 amide bonds. The number of aryl methyl sites for hydroxylation is 1. The number of hydrogen-bond acceptors (Lipinski definition) is 4. The molecule has 2 aromatic carbocycles. The molecule has 2 aromatic rings. The fourth-order valence-electron chi connectivity index (χ4n) is 3.72. The summed E-state index contributed by atoms with van der Waals surface area (Å²) in [4.78, 5) is 14.6. The van der Waals surface area contributed by atoms with E-state index in [1.165, 1.54) is 16.4 Å². The van der Waals surface area contributed by atoms with Crippen LogP contribution >= 0.6 is 0 Å². The van der Waals surface area contributed by atoms with Crippen LogP contribution in [-0.2, 0) is 21.2 Å². The number of carbonyl (C=O) groups is 1. The van der Waals surface area contributed by atoms with E-state index in [1.807, 2.05) is 24.0 Å². The smallest absolute Gasteiger partial charge is 0.243 e. The molecule has 31 heavy (non-hydrogen) atoms. The maximum atomic E-state index is 13.1. The van der Waals surface area contributed by atoms with E-state index in [2.05, 4.69) is 12.2 Å². The molecule has 0 aliphatic carbocycles. The Labute approximate surface area is 184 Å². The predicted molar refractivity (Wildman–Crippen MR) is 119 cm³/mol.